The predicted octanol–water partition coefficient (Wildman–Crippen LogP) is 1.32. The molecule has 1 aliphatic heterocycles. The van der Waals surface area contributed by atoms with Crippen LogP contribution in [-0.2, 0) is 4.84 Å². The Bertz CT molecular complexity index is 306. The molecular formula is C9H9NO2. The molecule has 0 aromatic heterocycles. The van der Waals surface area contributed by atoms with E-state index in [1.54, 1.807) is 0 Å². The highest BCUT2D eigenvalue weighted by Crippen LogP contribution is 2.09. The van der Waals surface area contributed by atoms with Gasteiger partial charge in [-0.05, 0) is 12.1 Å². The molecule has 0 spiro atoms. The van der Waals surface area contributed by atoms with E-state index in [1.165, 1.54) is 0 Å². The molecule has 1 heterocycles. The van der Waals surface area contributed by atoms with Crippen molar-refractivity contribution in [2.45, 2.75) is 6.42 Å². The van der Waals surface area contributed by atoms with Gasteiger partial charge in [0.25, 0.3) is 5.71 Å². The van der Waals surface area contributed by atoms with Crippen LogP contribution in [0.2, 0.25) is 0 Å². The van der Waals surface area contributed by atoms with Crippen molar-refractivity contribution in [3.05, 3.63) is 41.1 Å². The second-order valence-corrected chi connectivity index (χ2v) is 2.65. The Kier molecular flexibility index (Phi) is 1.70. The maximum Gasteiger partial charge on any atom is 0.253 e. The molecule has 1 aliphatic rings. The van der Waals surface area contributed by atoms with Gasteiger partial charge in [-0.3, -0.25) is 5.21 Å². The smallest absolute Gasteiger partial charge is 0.253 e. The molecule has 0 N–H and O–H groups in total. The largest absolute Gasteiger partial charge is 0.402 e. The second kappa shape index (κ2) is 2.85. The van der Waals surface area contributed by atoms with Crippen LogP contribution in [0.5, 0.6) is 0 Å². The molecule has 0 atom stereocenters. The van der Waals surface area contributed by atoms with E-state index in [0.29, 0.717) is 17.9 Å². The maximum atomic E-state index is 11.0. The van der Waals surface area contributed by atoms with Crippen molar-refractivity contribution in [1.29, 1.82) is 0 Å². The first-order valence-corrected chi connectivity index (χ1v) is 3.89. The third-order valence-electron chi connectivity index (χ3n) is 1.87. The summed E-state index contributed by atoms with van der Waals surface area (Å²) in [5.74, 6) is 0. The molecular weight excluding hydrogens is 154 g/mol. The van der Waals surface area contributed by atoms with Gasteiger partial charge >= 0.3 is 0 Å². The fraction of sp³-hybridized carbons (Fsp3) is 0.222. The van der Waals surface area contributed by atoms with Crippen LogP contribution < -0.4 is 0 Å². The molecule has 2 rings (SSSR count). The summed E-state index contributed by atoms with van der Waals surface area (Å²) in [6.45, 7) is 0.494. The van der Waals surface area contributed by atoms with Crippen LogP contribution >= 0.6 is 0 Å². The second-order valence-electron chi connectivity index (χ2n) is 2.65. The number of rotatable bonds is 1. The first-order chi connectivity index (χ1) is 5.88. The third-order valence-corrected chi connectivity index (χ3v) is 1.87. The number of hydrogen-bond acceptors (Lipinski definition) is 2. The first-order valence-electron chi connectivity index (χ1n) is 3.89. The van der Waals surface area contributed by atoms with Crippen LogP contribution in [-0.4, -0.2) is 17.2 Å². The van der Waals surface area contributed by atoms with Gasteiger partial charge in [-0.25, -0.2) is 0 Å². The van der Waals surface area contributed by atoms with E-state index in [0.717, 1.165) is 11.3 Å². The van der Waals surface area contributed by atoms with Crippen molar-refractivity contribution in [1.82, 2.24) is 0 Å². The van der Waals surface area contributed by atoms with Gasteiger partial charge in [-0.2, -0.15) is 0 Å². The zero-order chi connectivity index (χ0) is 8.39. The zero-order valence-electron chi connectivity index (χ0n) is 6.56. The van der Waals surface area contributed by atoms with Crippen LogP contribution in [0.4, 0.5) is 0 Å². The van der Waals surface area contributed by atoms with E-state index in [4.69, 9.17) is 4.84 Å². The van der Waals surface area contributed by atoms with Crippen LogP contribution in [0.15, 0.2) is 30.3 Å². The summed E-state index contributed by atoms with van der Waals surface area (Å²) in [6.07, 6.45) is 0.702. The molecule has 62 valence electrons. The SMILES string of the molecule is [O-][N+]1=C(c2ccccc2)CCO1. The summed E-state index contributed by atoms with van der Waals surface area (Å²) in [6, 6.07) is 9.57. The molecule has 12 heavy (non-hydrogen) atoms. The van der Waals surface area contributed by atoms with Gasteiger partial charge in [-0.1, -0.05) is 18.2 Å². The van der Waals surface area contributed by atoms with Gasteiger partial charge in [0.15, 0.2) is 0 Å². The lowest BCUT2D eigenvalue weighted by Gasteiger charge is -1.95. The lowest BCUT2D eigenvalue weighted by atomic mass is 10.1. The summed E-state index contributed by atoms with van der Waals surface area (Å²) >= 11 is 0. The molecule has 0 aliphatic carbocycles. The number of nitrogens with zero attached hydrogens (tertiary/aromatic N) is 1. The van der Waals surface area contributed by atoms with Crippen molar-refractivity contribution in [2.75, 3.05) is 6.61 Å². The fourth-order valence-corrected chi connectivity index (χ4v) is 1.27. The zero-order valence-corrected chi connectivity index (χ0v) is 6.56. The van der Waals surface area contributed by atoms with Gasteiger partial charge in [0.1, 0.15) is 0 Å². The Labute approximate surface area is 70.4 Å². The quantitative estimate of drug-likeness (QED) is 0.585. The Morgan fingerprint density at radius 3 is 2.58 bits per heavy atom. The minimum atomic E-state index is 0.494. The van der Waals surface area contributed by atoms with Gasteiger partial charge < -0.3 is 4.84 Å². The highest BCUT2D eigenvalue weighted by Gasteiger charge is 2.19. The monoisotopic (exact) mass is 163 g/mol. The van der Waals surface area contributed by atoms with E-state index in [2.05, 4.69) is 0 Å². The average Bonchev–Trinajstić information content (AvgIpc) is 2.53. The third kappa shape index (κ3) is 1.13. The Morgan fingerprint density at radius 1 is 1.25 bits per heavy atom. The van der Waals surface area contributed by atoms with Crippen molar-refractivity contribution in [3.63, 3.8) is 0 Å². The highest BCUT2D eigenvalue weighted by atomic mass is 16.9. The minimum Gasteiger partial charge on any atom is -0.402 e. The molecule has 0 unspecified atom stereocenters. The van der Waals surface area contributed by atoms with Crippen molar-refractivity contribution in [3.8, 4) is 0 Å². The summed E-state index contributed by atoms with van der Waals surface area (Å²) in [5.41, 5.74) is 1.67. The average molecular weight is 163 g/mol. The van der Waals surface area contributed by atoms with Crippen molar-refractivity contribution >= 4 is 5.71 Å². The number of hydrogen-bond donors (Lipinski definition) is 0. The van der Waals surface area contributed by atoms with Crippen LogP contribution in [0.3, 0.4) is 0 Å². The maximum absolute atomic E-state index is 11.0. The topological polar surface area (TPSA) is 35.3 Å². The van der Waals surface area contributed by atoms with E-state index >= 15 is 0 Å². The van der Waals surface area contributed by atoms with Crippen LogP contribution in [0, 0.1) is 5.21 Å². The summed E-state index contributed by atoms with van der Waals surface area (Å²) in [5, 5.41) is 11.0. The van der Waals surface area contributed by atoms with Crippen molar-refractivity contribution in [2.24, 2.45) is 0 Å². The minimum absolute atomic E-state index is 0.494. The molecule has 3 heteroatoms. The van der Waals surface area contributed by atoms with Crippen LogP contribution in [0.1, 0.15) is 12.0 Å². The molecule has 1 aromatic rings. The molecule has 0 radical (unpaired) electrons. The van der Waals surface area contributed by atoms with Crippen LogP contribution in [0.25, 0.3) is 0 Å². The molecule has 0 saturated heterocycles. The van der Waals surface area contributed by atoms with E-state index < -0.39 is 0 Å². The first kappa shape index (κ1) is 7.16. The molecule has 0 saturated carbocycles. The molecule has 0 fully saturated rings. The lowest BCUT2D eigenvalue weighted by Crippen LogP contribution is -2.07. The molecule has 0 amide bonds. The molecule has 0 bridgehead atoms. The standard InChI is InChI=1S/C9H9NO2/c11-10-9(6-7-12-10)8-4-2-1-3-5-8/h1-5H,6-7H2. The Hall–Kier alpha value is -1.51. The normalized spacial score (nSPS) is 16.3. The summed E-state index contributed by atoms with van der Waals surface area (Å²) in [7, 11) is 0. The van der Waals surface area contributed by atoms with Crippen molar-refractivity contribution < 1.29 is 9.74 Å². The fourth-order valence-electron chi connectivity index (χ4n) is 1.27. The van der Waals surface area contributed by atoms with Gasteiger partial charge in [0.2, 0.25) is 0 Å². The Balaban J connectivity index is 2.37. The van der Waals surface area contributed by atoms with E-state index in [1.807, 2.05) is 30.3 Å². The highest BCUT2D eigenvalue weighted by molar-refractivity contribution is 5.97. The predicted molar refractivity (Wildman–Crippen MR) is 44.7 cm³/mol. The summed E-state index contributed by atoms with van der Waals surface area (Å²) < 4.78 is 0. The lowest BCUT2D eigenvalue weighted by molar-refractivity contribution is -0.730. The molecule has 3 nitrogen and oxygen atoms in total. The van der Waals surface area contributed by atoms with Gasteiger partial charge in [-0.15, -0.1) is 0 Å². The van der Waals surface area contributed by atoms with E-state index in [9.17, 15) is 5.21 Å². The van der Waals surface area contributed by atoms with Gasteiger partial charge in [0, 0.05) is 10.5 Å². The van der Waals surface area contributed by atoms with Gasteiger partial charge in [0.05, 0.1) is 13.0 Å². The number of benzene rings is 1. The Morgan fingerprint density at radius 2 is 2.00 bits per heavy atom. The summed E-state index contributed by atoms with van der Waals surface area (Å²) in [4.78, 5) is 5.37. The molecule has 1 aromatic carbocycles. The van der Waals surface area contributed by atoms with E-state index in [-0.39, 0.29) is 0 Å².